The standard InChI is InChI=1S/C8H3F6NO2/c9-4-1-3(2-16)6(17-8(12,13)14)5(15-4)7(10)11/h1-2,7H. The predicted octanol–water partition coefficient (Wildman–Crippen LogP) is 2.87. The van der Waals surface area contributed by atoms with E-state index in [2.05, 4.69) is 9.72 Å². The Labute approximate surface area is 90.0 Å². The van der Waals surface area contributed by atoms with Gasteiger partial charge in [0, 0.05) is 6.07 Å². The zero-order chi connectivity index (χ0) is 13.2. The van der Waals surface area contributed by atoms with Crippen molar-refractivity contribution in [3.05, 3.63) is 23.3 Å². The Morgan fingerprint density at radius 3 is 2.35 bits per heavy atom. The third kappa shape index (κ3) is 3.33. The molecule has 0 aliphatic heterocycles. The van der Waals surface area contributed by atoms with E-state index in [0.29, 0.717) is 0 Å². The molecule has 0 saturated carbocycles. The van der Waals surface area contributed by atoms with Crippen LogP contribution in [0, 0.1) is 5.95 Å². The molecule has 17 heavy (non-hydrogen) atoms. The normalized spacial score (nSPS) is 11.7. The van der Waals surface area contributed by atoms with Gasteiger partial charge in [0.2, 0.25) is 5.95 Å². The molecule has 0 N–H and O–H groups in total. The number of aromatic nitrogens is 1. The largest absolute Gasteiger partial charge is 0.573 e. The molecule has 0 aliphatic carbocycles. The summed E-state index contributed by atoms with van der Waals surface area (Å²) in [7, 11) is 0. The number of alkyl halides is 5. The number of hydrogen-bond donors (Lipinski definition) is 0. The number of aldehydes is 1. The maximum absolute atomic E-state index is 12.6. The van der Waals surface area contributed by atoms with E-state index in [1.807, 2.05) is 0 Å². The van der Waals surface area contributed by atoms with Crippen LogP contribution >= 0.6 is 0 Å². The van der Waals surface area contributed by atoms with Gasteiger partial charge in [-0.05, 0) is 0 Å². The van der Waals surface area contributed by atoms with Gasteiger partial charge in [0.25, 0.3) is 6.43 Å². The number of ether oxygens (including phenoxy) is 1. The summed E-state index contributed by atoms with van der Waals surface area (Å²) < 4.78 is 76.2. The molecule has 1 rings (SSSR count). The molecule has 0 saturated heterocycles. The molecule has 0 fully saturated rings. The summed E-state index contributed by atoms with van der Waals surface area (Å²) in [5.74, 6) is -3.00. The van der Waals surface area contributed by atoms with Crippen LogP contribution in [-0.4, -0.2) is 17.6 Å². The van der Waals surface area contributed by atoms with Gasteiger partial charge in [-0.2, -0.15) is 4.39 Å². The second-order valence-corrected chi connectivity index (χ2v) is 2.71. The average Bonchev–Trinajstić information content (AvgIpc) is 2.17. The number of carbonyl (C=O) groups is 1. The van der Waals surface area contributed by atoms with Gasteiger partial charge in [-0.3, -0.25) is 4.79 Å². The summed E-state index contributed by atoms with van der Waals surface area (Å²) in [5.41, 5.74) is -2.57. The van der Waals surface area contributed by atoms with Crippen molar-refractivity contribution >= 4 is 6.29 Å². The molecule has 1 heterocycles. The average molecular weight is 259 g/mol. The number of rotatable bonds is 3. The fourth-order valence-electron chi connectivity index (χ4n) is 1.00. The first-order chi connectivity index (χ1) is 7.74. The lowest BCUT2D eigenvalue weighted by Gasteiger charge is -2.13. The minimum Gasteiger partial charge on any atom is -0.403 e. The van der Waals surface area contributed by atoms with Gasteiger partial charge in [-0.15, -0.1) is 13.2 Å². The van der Waals surface area contributed by atoms with E-state index < -0.39 is 35.7 Å². The molecule has 0 aliphatic rings. The third-order valence-corrected chi connectivity index (χ3v) is 1.55. The quantitative estimate of drug-likeness (QED) is 0.476. The summed E-state index contributed by atoms with van der Waals surface area (Å²) in [6.45, 7) is 0. The van der Waals surface area contributed by atoms with Crippen molar-refractivity contribution in [3.8, 4) is 5.75 Å². The molecule has 0 spiro atoms. The van der Waals surface area contributed by atoms with Crippen molar-refractivity contribution in [3.63, 3.8) is 0 Å². The zero-order valence-corrected chi connectivity index (χ0v) is 7.76. The topological polar surface area (TPSA) is 39.2 Å². The van der Waals surface area contributed by atoms with Gasteiger partial charge in [0.05, 0.1) is 5.56 Å². The smallest absolute Gasteiger partial charge is 0.403 e. The Hall–Kier alpha value is -1.80. The Balaban J connectivity index is 3.37. The van der Waals surface area contributed by atoms with Crippen LogP contribution in [0.15, 0.2) is 6.07 Å². The Morgan fingerprint density at radius 1 is 1.35 bits per heavy atom. The fourth-order valence-corrected chi connectivity index (χ4v) is 1.00. The Bertz CT molecular complexity index is 431. The molecule has 3 nitrogen and oxygen atoms in total. The Kier molecular flexibility index (Phi) is 3.59. The predicted molar refractivity (Wildman–Crippen MR) is 41.2 cm³/mol. The van der Waals surface area contributed by atoms with Crippen LogP contribution in [-0.2, 0) is 0 Å². The van der Waals surface area contributed by atoms with Gasteiger partial charge in [0.1, 0.15) is 0 Å². The van der Waals surface area contributed by atoms with Gasteiger partial charge in [0.15, 0.2) is 17.7 Å². The molecule has 1 aromatic rings. The van der Waals surface area contributed by atoms with Crippen LogP contribution in [0.3, 0.4) is 0 Å². The minimum atomic E-state index is -5.29. The van der Waals surface area contributed by atoms with E-state index in [4.69, 9.17) is 0 Å². The van der Waals surface area contributed by atoms with Crippen LogP contribution in [0.1, 0.15) is 22.5 Å². The molecule has 0 bridgehead atoms. The van der Waals surface area contributed by atoms with E-state index in [1.54, 1.807) is 0 Å². The minimum absolute atomic E-state index is 0.238. The van der Waals surface area contributed by atoms with Gasteiger partial charge < -0.3 is 4.74 Å². The van der Waals surface area contributed by atoms with E-state index in [1.165, 1.54) is 0 Å². The zero-order valence-electron chi connectivity index (χ0n) is 7.76. The van der Waals surface area contributed by atoms with E-state index in [-0.39, 0.29) is 12.4 Å². The lowest BCUT2D eigenvalue weighted by molar-refractivity contribution is -0.275. The van der Waals surface area contributed by atoms with E-state index >= 15 is 0 Å². The summed E-state index contributed by atoms with van der Waals surface area (Å²) in [6.07, 6.45) is -9.04. The maximum Gasteiger partial charge on any atom is 0.573 e. The van der Waals surface area contributed by atoms with Gasteiger partial charge >= 0.3 is 6.36 Å². The van der Waals surface area contributed by atoms with Crippen LogP contribution in [0.25, 0.3) is 0 Å². The molecule has 0 atom stereocenters. The molecule has 1 aromatic heterocycles. The summed E-state index contributed by atoms with van der Waals surface area (Å²) >= 11 is 0. The first-order valence-electron chi connectivity index (χ1n) is 3.94. The molecule has 0 aromatic carbocycles. The second-order valence-electron chi connectivity index (χ2n) is 2.71. The number of nitrogens with zero attached hydrogens (tertiary/aromatic N) is 1. The molecule has 0 radical (unpaired) electrons. The summed E-state index contributed by atoms with van der Waals surface area (Å²) in [4.78, 5) is 12.9. The molecule has 9 heteroatoms. The van der Waals surface area contributed by atoms with Crippen LogP contribution in [0.5, 0.6) is 5.75 Å². The van der Waals surface area contributed by atoms with Crippen molar-refractivity contribution in [2.24, 2.45) is 0 Å². The number of halogens is 6. The van der Waals surface area contributed by atoms with Gasteiger partial charge in [-0.25, -0.2) is 13.8 Å². The van der Waals surface area contributed by atoms with Crippen LogP contribution in [0.4, 0.5) is 26.3 Å². The Morgan fingerprint density at radius 2 is 1.94 bits per heavy atom. The number of pyridine rings is 1. The van der Waals surface area contributed by atoms with E-state index in [0.717, 1.165) is 0 Å². The highest BCUT2D eigenvalue weighted by molar-refractivity contribution is 5.79. The van der Waals surface area contributed by atoms with Crippen LogP contribution < -0.4 is 4.74 Å². The highest BCUT2D eigenvalue weighted by Gasteiger charge is 2.35. The van der Waals surface area contributed by atoms with Crippen molar-refractivity contribution in [1.82, 2.24) is 4.98 Å². The molecule has 0 amide bonds. The summed E-state index contributed by atoms with van der Waals surface area (Å²) in [5, 5.41) is 0. The first kappa shape index (κ1) is 13.3. The molecular weight excluding hydrogens is 256 g/mol. The molecule has 94 valence electrons. The lowest BCUT2D eigenvalue weighted by Crippen LogP contribution is -2.20. The fraction of sp³-hybridized carbons (Fsp3) is 0.250. The SMILES string of the molecule is O=Cc1cc(F)nc(C(F)F)c1OC(F)(F)F. The highest BCUT2D eigenvalue weighted by Crippen LogP contribution is 2.34. The van der Waals surface area contributed by atoms with Crippen molar-refractivity contribution in [2.45, 2.75) is 12.8 Å². The monoisotopic (exact) mass is 259 g/mol. The van der Waals surface area contributed by atoms with Crippen LogP contribution in [0.2, 0.25) is 0 Å². The second kappa shape index (κ2) is 4.60. The number of hydrogen-bond acceptors (Lipinski definition) is 3. The summed E-state index contributed by atoms with van der Waals surface area (Å²) in [6, 6.07) is 0.264. The molecular formula is C8H3F6NO2. The lowest BCUT2D eigenvalue weighted by atomic mass is 10.2. The first-order valence-corrected chi connectivity index (χ1v) is 3.94. The molecule has 0 unspecified atom stereocenters. The van der Waals surface area contributed by atoms with Crippen molar-refractivity contribution in [1.29, 1.82) is 0 Å². The van der Waals surface area contributed by atoms with Gasteiger partial charge in [-0.1, -0.05) is 0 Å². The third-order valence-electron chi connectivity index (χ3n) is 1.55. The van der Waals surface area contributed by atoms with Crippen molar-refractivity contribution in [2.75, 3.05) is 0 Å². The highest BCUT2D eigenvalue weighted by atomic mass is 19.4. The van der Waals surface area contributed by atoms with Crippen molar-refractivity contribution < 1.29 is 35.9 Å². The number of carbonyl (C=O) groups excluding carboxylic acids is 1. The van der Waals surface area contributed by atoms with E-state index in [9.17, 15) is 31.1 Å². The maximum atomic E-state index is 12.6.